The largest absolute Gasteiger partial charge is 0.494 e. The monoisotopic (exact) mass is 288 g/mol. The molecule has 0 heterocycles. The molecule has 0 aliphatic heterocycles. The van der Waals surface area contributed by atoms with Gasteiger partial charge in [-0.2, -0.15) is 5.26 Å². The number of aliphatic hydroxyl groups is 1. The van der Waals surface area contributed by atoms with Gasteiger partial charge in [-0.15, -0.1) is 0 Å². The van der Waals surface area contributed by atoms with Crippen molar-refractivity contribution in [3.05, 3.63) is 29.8 Å². The fourth-order valence-electron chi connectivity index (χ4n) is 3.26. The van der Waals surface area contributed by atoms with E-state index >= 15 is 0 Å². The van der Waals surface area contributed by atoms with Gasteiger partial charge in [-0.1, -0.05) is 25.5 Å². The Balaban J connectivity index is 1.89. The molecule has 114 valence electrons. The third kappa shape index (κ3) is 3.75. The van der Waals surface area contributed by atoms with Gasteiger partial charge in [0.05, 0.1) is 19.3 Å². The van der Waals surface area contributed by atoms with Crippen molar-refractivity contribution in [2.24, 2.45) is 5.92 Å². The maximum Gasteiger partial charge on any atom is 0.119 e. The maximum absolute atomic E-state index is 9.52. The summed E-state index contributed by atoms with van der Waals surface area (Å²) in [5, 5.41) is 22.0. The molecule has 0 bridgehead atoms. The van der Waals surface area contributed by atoms with Crippen LogP contribution in [0.5, 0.6) is 5.75 Å². The van der Waals surface area contributed by atoms with E-state index in [0.717, 1.165) is 43.5 Å². The highest BCUT2D eigenvalue weighted by Gasteiger charge is 2.42. The normalized spacial score (nSPS) is 24.7. The second kappa shape index (κ2) is 7.44. The molecule has 0 amide bonds. The van der Waals surface area contributed by atoms with Gasteiger partial charge in [-0.05, 0) is 49.4 Å². The molecule has 2 rings (SSSR count). The average Bonchev–Trinajstić information content (AvgIpc) is 2.91. The summed E-state index contributed by atoms with van der Waals surface area (Å²) in [6.07, 6.45) is 4.00. The number of aliphatic hydroxyl groups excluding tert-OH is 1. The lowest BCUT2D eigenvalue weighted by molar-refractivity contribution is 0.233. The summed E-state index contributed by atoms with van der Waals surface area (Å²) in [5.74, 6) is 1.13. The average molecular weight is 288 g/mol. The second-order valence-electron chi connectivity index (χ2n) is 5.65. The number of nitriles is 1. The highest BCUT2D eigenvalue weighted by Crippen LogP contribution is 2.37. The highest BCUT2D eigenvalue weighted by atomic mass is 16.5. The minimum Gasteiger partial charge on any atom is -0.494 e. The third-order valence-corrected chi connectivity index (χ3v) is 4.33. The van der Waals surface area contributed by atoms with E-state index in [4.69, 9.17) is 9.84 Å². The van der Waals surface area contributed by atoms with Crippen LogP contribution < -0.4 is 10.1 Å². The molecule has 1 aromatic carbocycles. The molecule has 1 saturated carbocycles. The zero-order valence-electron chi connectivity index (χ0n) is 12.6. The minimum atomic E-state index is -0.370. The predicted molar refractivity (Wildman–Crippen MR) is 81.8 cm³/mol. The van der Waals surface area contributed by atoms with Crippen molar-refractivity contribution < 1.29 is 9.84 Å². The van der Waals surface area contributed by atoms with E-state index < -0.39 is 0 Å². The quantitative estimate of drug-likeness (QED) is 0.809. The van der Waals surface area contributed by atoms with Crippen LogP contribution >= 0.6 is 0 Å². The van der Waals surface area contributed by atoms with Gasteiger partial charge >= 0.3 is 0 Å². The molecule has 2 atom stereocenters. The molecule has 1 fully saturated rings. The van der Waals surface area contributed by atoms with Gasteiger partial charge in [0.25, 0.3) is 0 Å². The van der Waals surface area contributed by atoms with Gasteiger partial charge in [-0.3, -0.25) is 5.32 Å². The van der Waals surface area contributed by atoms with Crippen LogP contribution in [0.1, 0.15) is 38.2 Å². The zero-order valence-corrected chi connectivity index (χ0v) is 12.6. The van der Waals surface area contributed by atoms with Gasteiger partial charge in [-0.25, -0.2) is 0 Å². The summed E-state index contributed by atoms with van der Waals surface area (Å²) < 4.78 is 5.78. The van der Waals surface area contributed by atoms with E-state index in [0.29, 0.717) is 12.5 Å². The molecule has 0 aromatic heterocycles. The fourth-order valence-corrected chi connectivity index (χ4v) is 3.26. The number of ether oxygens (including phenoxy) is 1. The van der Waals surface area contributed by atoms with Gasteiger partial charge in [0.2, 0.25) is 0 Å². The molecule has 1 aromatic rings. The topological polar surface area (TPSA) is 65.3 Å². The van der Waals surface area contributed by atoms with Crippen LogP contribution in [0.15, 0.2) is 24.3 Å². The van der Waals surface area contributed by atoms with E-state index in [-0.39, 0.29) is 12.1 Å². The number of rotatable bonds is 7. The SMILES string of the molecule is CCNC1(C#N)CCCC1CCOc1cccc(CO)c1. The Morgan fingerprint density at radius 1 is 1.52 bits per heavy atom. The Morgan fingerprint density at radius 3 is 3.10 bits per heavy atom. The fraction of sp³-hybridized carbons (Fsp3) is 0.588. The zero-order chi connectivity index (χ0) is 15.1. The number of nitrogens with one attached hydrogen (secondary N) is 1. The van der Waals surface area contributed by atoms with Crippen LogP contribution in [0.3, 0.4) is 0 Å². The summed E-state index contributed by atoms with van der Waals surface area (Å²) in [5.41, 5.74) is 0.484. The van der Waals surface area contributed by atoms with Crippen LogP contribution in [0.2, 0.25) is 0 Å². The maximum atomic E-state index is 9.52. The molecule has 2 unspecified atom stereocenters. The van der Waals surface area contributed by atoms with E-state index in [1.165, 1.54) is 0 Å². The molecule has 4 nitrogen and oxygen atoms in total. The van der Waals surface area contributed by atoms with Gasteiger partial charge < -0.3 is 9.84 Å². The number of hydrogen-bond acceptors (Lipinski definition) is 4. The molecule has 1 aliphatic rings. The van der Waals surface area contributed by atoms with Gasteiger partial charge in [0.15, 0.2) is 0 Å². The van der Waals surface area contributed by atoms with Gasteiger partial charge in [0, 0.05) is 0 Å². The van der Waals surface area contributed by atoms with Gasteiger partial charge in [0.1, 0.15) is 11.3 Å². The molecule has 1 aliphatic carbocycles. The molecular weight excluding hydrogens is 264 g/mol. The summed E-state index contributed by atoms with van der Waals surface area (Å²) in [6, 6.07) is 10.0. The standard InChI is InChI=1S/C17H24N2O2/c1-2-19-17(13-18)9-4-6-15(17)8-10-21-16-7-3-5-14(11-16)12-20/h3,5,7,11,15,19-20H,2,4,6,8-10,12H2,1H3. The van der Waals surface area contributed by atoms with E-state index in [2.05, 4.69) is 11.4 Å². The summed E-state index contributed by atoms with van der Waals surface area (Å²) in [6.45, 7) is 3.50. The van der Waals surface area contributed by atoms with E-state index in [9.17, 15) is 5.26 Å². The molecule has 0 radical (unpaired) electrons. The Bertz CT molecular complexity index is 498. The van der Waals surface area contributed by atoms with E-state index in [1.807, 2.05) is 31.2 Å². The summed E-state index contributed by atoms with van der Waals surface area (Å²) >= 11 is 0. The first kappa shape index (κ1) is 15.8. The van der Waals surface area contributed by atoms with Crippen LogP contribution in [0.25, 0.3) is 0 Å². The molecular formula is C17H24N2O2. The Kier molecular flexibility index (Phi) is 5.60. The third-order valence-electron chi connectivity index (χ3n) is 4.33. The second-order valence-corrected chi connectivity index (χ2v) is 5.65. The van der Waals surface area contributed by atoms with Crippen molar-refractivity contribution >= 4 is 0 Å². The summed E-state index contributed by atoms with van der Waals surface area (Å²) in [4.78, 5) is 0. The first-order valence-corrected chi connectivity index (χ1v) is 7.73. The minimum absolute atomic E-state index is 0.0256. The lowest BCUT2D eigenvalue weighted by Crippen LogP contribution is -2.47. The van der Waals surface area contributed by atoms with Crippen molar-refractivity contribution in [2.75, 3.05) is 13.2 Å². The first-order valence-electron chi connectivity index (χ1n) is 7.73. The van der Waals surface area contributed by atoms with Crippen LogP contribution in [-0.4, -0.2) is 23.8 Å². The van der Waals surface area contributed by atoms with Crippen molar-refractivity contribution in [1.82, 2.24) is 5.32 Å². The van der Waals surface area contributed by atoms with Crippen molar-refractivity contribution in [1.29, 1.82) is 5.26 Å². The molecule has 0 saturated heterocycles. The number of hydrogen-bond donors (Lipinski definition) is 2. The Hall–Kier alpha value is -1.57. The Labute approximate surface area is 126 Å². The smallest absolute Gasteiger partial charge is 0.119 e. The van der Waals surface area contributed by atoms with Crippen LogP contribution in [0.4, 0.5) is 0 Å². The van der Waals surface area contributed by atoms with Crippen molar-refractivity contribution in [3.63, 3.8) is 0 Å². The molecule has 2 N–H and O–H groups in total. The van der Waals surface area contributed by atoms with Crippen LogP contribution in [0, 0.1) is 17.2 Å². The Morgan fingerprint density at radius 2 is 2.38 bits per heavy atom. The number of nitrogens with zero attached hydrogens (tertiary/aromatic N) is 1. The van der Waals surface area contributed by atoms with Crippen molar-refractivity contribution in [3.8, 4) is 11.8 Å². The summed E-state index contributed by atoms with van der Waals surface area (Å²) in [7, 11) is 0. The highest BCUT2D eigenvalue weighted by molar-refractivity contribution is 5.28. The lowest BCUT2D eigenvalue weighted by Gasteiger charge is -2.29. The predicted octanol–water partition coefficient (Wildman–Crippen LogP) is 2.62. The molecule has 21 heavy (non-hydrogen) atoms. The molecule has 4 heteroatoms. The van der Waals surface area contributed by atoms with Crippen molar-refractivity contribution in [2.45, 2.75) is 44.8 Å². The molecule has 0 spiro atoms. The first-order chi connectivity index (χ1) is 10.2. The van der Waals surface area contributed by atoms with Crippen LogP contribution in [-0.2, 0) is 6.61 Å². The van der Waals surface area contributed by atoms with E-state index in [1.54, 1.807) is 0 Å². The number of benzene rings is 1. The lowest BCUT2D eigenvalue weighted by atomic mass is 9.86.